The Labute approximate surface area is 158 Å². The molecule has 1 aliphatic carbocycles. The summed E-state index contributed by atoms with van der Waals surface area (Å²) in [6, 6.07) is 5.38. The summed E-state index contributed by atoms with van der Waals surface area (Å²) in [5, 5.41) is 11.1. The summed E-state index contributed by atoms with van der Waals surface area (Å²) in [6.45, 7) is 0.317. The fourth-order valence-corrected chi connectivity index (χ4v) is 3.49. The van der Waals surface area contributed by atoms with Gasteiger partial charge in [0.2, 0.25) is 0 Å². The molecule has 0 bridgehead atoms. The maximum atomic E-state index is 12.1. The van der Waals surface area contributed by atoms with Gasteiger partial charge >= 0.3 is 5.97 Å². The Kier molecular flexibility index (Phi) is 4.49. The van der Waals surface area contributed by atoms with Gasteiger partial charge in [-0.2, -0.15) is 0 Å². The van der Waals surface area contributed by atoms with Crippen LogP contribution in [0.1, 0.15) is 34.9 Å². The molecule has 27 heavy (non-hydrogen) atoms. The van der Waals surface area contributed by atoms with E-state index in [2.05, 4.69) is 9.97 Å². The van der Waals surface area contributed by atoms with Crippen LogP contribution >= 0.6 is 11.6 Å². The van der Waals surface area contributed by atoms with Crippen molar-refractivity contribution in [1.82, 2.24) is 14.4 Å². The first-order chi connectivity index (χ1) is 13.0. The number of nitro groups is 1. The monoisotopic (exact) mass is 386 g/mol. The molecule has 3 aromatic rings. The van der Waals surface area contributed by atoms with Crippen LogP contribution in [0.15, 0.2) is 42.9 Å². The highest BCUT2D eigenvalue weighted by atomic mass is 35.5. The number of esters is 1. The van der Waals surface area contributed by atoms with Crippen LogP contribution < -0.4 is 0 Å². The van der Waals surface area contributed by atoms with Gasteiger partial charge in [-0.3, -0.25) is 14.5 Å². The highest BCUT2D eigenvalue weighted by Crippen LogP contribution is 2.41. The normalized spacial score (nSPS) is 18.9. The van der Waals surface area contributed by atoms with Crippen LogP contribution in [0.5, 0.6) is 0 Å². The number of nitrogens with zero attached hydrogens (tertiary/aromatic N) is 4. The predicted molar refractivity (Wildman–Crippen MR) is 96.8 cm³/mol. The second-order valence-corrected chi connectivity index (χ2v) is 6.88. The minimum Gasteiger partial charge on any atom is -0.462 e. The van der Waals surface area contributed by atoms with Crippen LogP contribution in [-0.4, -0.2) is 31.9 Å². The van der Waals surface area contributed by atoms with Gasteiger partial charge in [-0.25, -0.2) is 14.8 Å². The molecule has 0 amide bonds. The van der Waals surface area contributed by atoms with Gasteiger partial charge in [0.25, 0.3) is 5.69 Å². The maximum absolute atomic E-state index is 12.1. The summed E-state index contributed by atoms with van der Waals surface area (Å²) in [4.78, 5) is 30.7. The lowest BCUT2D eigenvalue weighted by molar-refractivity contribution is -0.384. The Bertz CT molecular complexity index is 1010. The van der Waals surface area contributed by atoms with Crippen LogP contribution in [0.3, 0.4) is 0 Å². The number of imidazole rings is 1. The zero-order valence-electron chi connectivity index (χ0n) is 14.1. The van der Waals surface area contributed by atoms with Crippen molar-refractivity contribution in [2.45, 2.75) is 18.8 Å². The molecule has 0 atom stereocenters. The summed E-state index contributed by atoms with van der Waals surface area (Å²) in [5.74, 6) is 1.01. The molecule has 4 rings (SSSR count). The summed E-state index contributed by atoms with van der Waals surface area (Å²) >= 11 is 6.07. The Morgan fingerprint density at radius 2 is 2.04 bits per heavy atom. The first kappa shape index (κ1) is 17.4. The van der Waals surface area contributed by atoms with E-state index in [9.17, 15) is 14.9 Å². The largest absolute Gasteiger partial charge is 0.462 e. The molecule has 0 unspecified atom stereocenters. The molecule has 138 valence electrons. The Hall–Kier alpha value is -3.00. The van der Waals surface area contributed by atoms with E-state index in [0.717, 1.165) is 24.2 Å². The summed E-state index contributed by atoms with van der Waals surface area (Å²) in [6.07, 6.45) is 6.93. The van der Waals surface area contributed by atoms with Crippen LogP contribution in [0.25, 0.3) is 5.52 Å². The average molecular weight is 387 g/mol. The van der Waals surface area contributed by atoms with E-state index in [1.54, 1.807) is 12.4 Å². The van der Waals surface area contributed by atoms with E-state index >= 15 is 0 Å². The van der Waals surface area contributed by atoms with Gasteiger partial charge in [-0.15, -0.1) is 0 Å². The molecule has 0 saturated heterocycles. The van der Waals surface area contributed by atoms with E-state index in [-0.39, 0.29) is 17.5 Å². The predicted octanol–water partition coefficient (Wildman–Crippen LogP) is 3.64. The van der Waals surface area contributed by atoms with E-state index in [4.69, 9.17) is 16.3 Å². The number of hydrogen-bond donors (Lipinski definition) is 0. The van der Waals surface area contributed by atoms with Crippen molar-refractivity contribution < 1.29 is 14.5 Å². The number of halogens is 1. The van der Waals surface area contributed by atoms with Gasteiger partial charge in [0.05, 0.1) is 23.3 Å². The van der Waals surface area contributed by atoms with Crippen LogP contribution in [-0.2, 0) is 4.74 Å². The van der Waals surface area contributed by atoms with Crippen molar-refractivity contribution >= 4 is 28.8 Å². The van der Waals surface area contributed by atoms with Gasteiger partial charge in [-0.1, -0.05) is 11.6 Å². The molecule has 1 aliphatic rings. The third kappa shape index (κ3) is 3.35. The standard InChI is InChI=1S/C18H15ClN4O4/c19-16-15-9-21-17(22(15)6-5-20-16)13-7-11(8-13)10-27-18(24)12-1-3-14(4-2-12)23(25)26/h1-6,9,11,13H,7-8,10H2/t11-,13-. The molecule has 2 aromatic heterocycles. The zero-order valence-corrected chi connectivity index (χ0v) is 14.9. The van der Waals surface area contributed by atoms with Gasteiger partial charge < -0.3 is 4.74 Å². The summed E-state index contributed by atoms with van der Waals surface area (Å²) in [5.41, 5.74) is 1.02. The van der Waals surface area contributed by atoms with Crippen molar-refractivity contribution in [2.75, 3.05) is 6.61 Å². The maximum Gasteiger partial charge on any atom is 0.338 e. The fraction of sp³-hybridized carbons (Fsp3) is 0.278. The molecule has 0 N–H and O–H groups in total. The first-order valence-corrected chi connectivity index (χ1v) is 8.79. The molecule has 2 heterocycles. The van der Waals surface area contributed by atoms with Gasteiger partial charge in [0.1, 0.15) is 11.3 Å². The Morgan fingerprint density at radius 3 is 2.74 bits per heavy atom. The van der Waals surface area contributed by atoms with Crippen molar-refractivity contribution in [3.05, 3.63) is 69.5 Å². The van der Waals surface area contributed by atoms with Crippen molar-refractivity contribution in [3.63, 3.8) is 0 Å². The van der Waals surface area contributed by atoms with Crippen LogP contribution in [0.2, 0.25) is 5.15 Å². The number of ether oxygens (including phenoxy) is 1. The second-order valence-electron chi connectivity index (χ2n) is 6.53. The van der Waals surface area contributed by atoms with Crippen molar-refractivity contribution in [1.29, 1.82) is 0 Å². The number of aromatic nitrogens is 3. The Balaban J connectivity index is 1.32. The van der Waals surface area contributed by atoms with Gasteiger partial charge in [-0.05, 0) is 30.9 Å². The van der Waals surface area contributed by atoms with Crippen molar-refractivity contribution in [2.24, 2.45) is 5.92 Å². The second kappa shape index (κ2) is 6.96. The van der Waals surface area contributed by atoms with Crippen molar-refractivity contribution in [3.8, 4) is 0 Å². The minimum absolute atomic E-state index is 0.0596. The molecular weight excluding hydrogens is 372 g/mol. The number of nitro benzene ring substituents is 1. The molecular formula is C18H15ClN4O4. The molecule has 9 heteroatoms. The smallest absolute Gasteiger partial charge is 0.338 e. The average Bonchev–Trinajstić information content (AvgIpc) is 3.05. The Morgan fingerprint density at radius 1 is 1.30 bits per heavy atom. The molecule has 0 radical (unpaired) electrons. The van der Waals surface area contributed by atoms with E-state index in [0.29, 0.717) is 17.3 Å². The quantitative estimate of drug-likeness (QED) is 0.377. The third-order valence-electron chi connectivity index (χ3n) is 4.81. The highest BCUT2D eigenvalue weighted by Gasteiger charge is 2.34. The minimum atomic E-state index is -0.508. The molecule has 0 aliphatic heterocycles. The fourth-order valence-electron chi connectivity index (χ4n) is 3.30. The zero-order chi connectivity index (χ0) is 19.0. The van der Waals surface area contributed by atoms with Crippen LogP contribution in [0, 0.1) is 16.0 Å². The lowest BCUT2D eigenvalue weighted by Crippen LogP contribution is -2.28. The summed E-state index contributed by atoms with van der Waals surface area (Å²) in [7, 11) is 0. The highest BCUT2D eigenvalue weighted by molar-refractivity contribution is 6.32. The van der Waals surface area contributed by atoms with Gasteiger partial charge in [0, 0.05) is 30.4 Å². The topological polar surface area (TPSA) is 99.6 Å². The summed E-state index contributed by atoms with van der Waals surface area (Å²) < 4.78 is 7.28. The molecule has 1 fully saturated rings. The third-order valence-corrected chi connectivity index (χ3v) is 5.10. The number of non-ortho nitro benzene ring substituents is 1. The SMILES string of the molecule is O=C(OC[C@H]1C[C@H](c2ncc3c(Cl)nccn32)C1)c1ccc([N+](=O)[O-])cc1. The number of hydrogen-bond acceptors (Lipinski definition) is 6. The number of carbonyl (C=O) groups is 1. The van der Waals surface area contributed by atoms with E-state index in [1.165, 1.54) is 24.3 Å². The van der Waals surface area contributed by atoms with Crippen LogP contribution in [0.4, 0.5) is 5.69 Å². The lowest BCUT2D eigenvalue weighted by Gasteiger charge is -2.33. The number of benzene rings is 1. The number of carbonyl (C=O) groups excluding carboxylic acids is 1. The van der Waals surface area contributed by atoms with E-state index in [1.807, 2.05) is 10.6 Å². The molecule has 1 aromatic carbocycles. The molecule has 8 nitrogen and oxygen atoms in total. The van der Waals surface area contributed by atoms with Gasteiger partial charge in [0.15, 0.2) is 5.15 Å². The molecule has 0 spiro atoms. The first-order valence-electron chi connectivity index (χ1n) is 8.42. The van der Waals surface area contributed by atoms with E-state index < -0.39 is 10.9 Å². The number of rotatable bonds is 5. The lowest BCUT2D eigenvalue weighted by atomic mass is 9.75. The molecule has 1 saturated carbocycles. The number of fused-ring (bicyclic) bond motifs is 1.